The lowest BCUT2D eigenvalue weighted by molar-refractivity contribution is -0.115. The van der Waals surface area contributed by atoms with Crippen molar-refractivity contribution in [3.05, 3.63) is 47.9 Å². The number of amides is 2. The van der Waals surface area contributed by atoms with E-state index in [1.54, 1.807) is 30.5 Å². The minimum atomic E-state index is -0.913. The molecule has 0 spiro atoms. The third-order valence-corrected chi connectivity index (χ3v) is 3.90. The lowest BCUT2D eigenvalue weighted by Crippen LogP contribution is -2.26. The van der Waals surface area contributed by atoms with E-state index in [4.69, 9.17) is 5.11 Å². The fraction of sp³-hybridized carbons (Fsp3) is 0.312. The van der Waals surface area contributed by atoms with E-state index < -0.39 is 6.09 Å². The van der Waals surface area contributed by atoms with Crippen LogP contribution in [-0.2, 0) is 11.2 Å². The smallest absolute Gasteiger partial charge is 0.407 e. The molecule has 3 heterocycles. The Hall–Kier alpha value is -3.03. The van der Waals surface area contributed by atoms with Gasteiger partial charge in [-0.25, -0.2) is 4.79 Å². The van der Waals surface area contributed by atoms with E-state index in [9.17, 15) is 9.59 Å². The second-order valence-electron chi connectivity index (χ2n) is 5.60. The van der Waals surface area contributed by atoms with Gasteiger partial charge in [-0.2, -0.15) is 5.10 Å². The predicted molar refractivity (Wildman–Crippen MR) is 85.6 cm³/mol. The van der Waals surface area contributed by atoms with Crippen LogP contribution >= 0.6 is 0 Å². The Morgan fingerprint density at radius 3 is 2.75 bits per heavy atom. The first-order valence-electron chi connectivity index (χ1n) is 7.63. The molecule has 2 N–H and O–H groups in total. The summed E-state index contributed by atoms with van der Waals surface area (Å²) in [6.45, 7) is 0.930. The number of nitrogens with one attached hydrogen (secondary N) is 1. The Labute approximate surface area is 138 Å². The van der Waals surface area contributed by atoms with Crippen LogP contribution in [0.3, 0.4) is 0 Å². The van der Waals surface area contributed by atoms with Gasteiger partial charge in [0.1, 0.15) is 0 Å². The molecule has 124 valence electrons. The summed E-state index contributed by atoms with van der Waals surface area (Å²) in [7, 11) is 0. The number of hydrogen-bond acceptors (Lipinski definition) is 5. The van der Waals surface area contributed by atoms with E-state index in [0.29, 0.717) is 24.6 Å². The fourth-order valence-electron chi connectivity index (χ4n) is 2.66. The van der Waals surface area contributed by atoms with E-state index in [1.807, 2.05) is 6.07 Å². The number of hydrogen-bond donors (Lipinski definition) is 2. The molecule has 2 amide bonds. The third kappa shape index (κ3) is 3.83. The van der Waals surface area contributed by atoms with Gasteiger partial charge in [0.15, 0.2) is 5.82 Å². The maximum absolute atomic E-state index is 12.0. The summed E-state index contributed by atoms with van der Waals surface area (Å²) in [6, 6.07) is 8.86. The van der Waals surface area contributed by atoms with Crippen molar-refractivity contribution < 1.29 is 14.7 Å². The van der Waals surface area contributed by atoms with Crippen molar-refractivity contribution in [3.8, 4) is 0 Å². The van der Waals surface area contributed by atoms with Crippen LogP contribution in [-0.4, -0.2) is 50.3 Å². The third-order valence-electron chi connectivity index (χ3n) is 3.90. The van der Waals surface area contributed by atoms with Crippen LogP contribution in [0.2, 0.25) is 0 Å². The lowest BCUT2D eigenvalue weighted by Gasteiger charge is -2.11. The normalized spacial score (nSPS) is 16.8. The Morgan fingerprint density at radius 1 is 1.25 bits per heavy atom. The van der Waals surface area contributed by atoms with Gasteiger partial charge in [-0.1, -0.05) is 6.07 Å². The van der Waals surface area contributed by atoms with E-state index in [2.05, 4.69) is 20.5 Å². The molecule has 0 aliphatic carbocycles. The number of rotatable bonds is 4. The van der Waals surface area contributed by atoms with Gasteiger partial charge in [-0.3, -0.25) is 9.78 Å². The van der Waals surface area contributed by atoms with Crippen LogP contribution in [0.1, 0.15) is 23.7 Å². The molecule has 1 aliphatic rings. The Balaban J connectivity index is 1.57. The Kier molecular flexibility index (Phi) is 4.64. The number of carbonyl (C=O) groups excluding carboxylic acids is 1. The fourth-order valence-corrected chi connectivity index (χ4v) is 2.66. The standard InChI is InChI=1S/C16H17N5O3/c22-15(9-12-3-1-2-7-17-12)18-14-5-4-13(19-20-14)11-6-8-21(10-11)16(23)24/h1-5,7,11H,6,8-10H2,(H,23,24)(H,18,20,22). The molecule has 0 aromatic carbocycles. The monoisotopic (exact) mass is 327 g/mol. The maximum Gasteiger partial charge on any atom is 0.407 e. The molecular formula is C16H17N5O3. The zero-order chi connectivity index (χ0) is 16.9. The van der Waals surface area contributed by atoms with Crippen LogP contribution in [0, 0.1) is 0 Å². The van der Waals surface area contributed by atoms with Crippen LogP contribution in [0.25, 0.3) is 0 Å². The molecule has 0 bridgehead atoms. The highest BCUT2D eigenvalue weighted by atomic mass is 16.4. The van der Waals surface area contributed by atoms with Crippen molar-refractivity contribution in [2.45, 2.75) is 18.8 Å². The number of nitrogens with zero attached hydrogens (tertiary/aromatic N) is 4. The second kappa shape index (κ2) is 7.03. The number of carbonyl (C=O) groups is 2. The molecule has 8 nitrogen and oxygen atoms in total. The van der Waals surface area contributed by atoms with Crippen molar-refractivity contribution >= 4 is 17.8 Å². The Morgan fingerprint density at radius 2 is 2.12 bits per heavy atom. The van der Waals surface area contributed by atoms with Gasteiger partial charge in [0.2, 0.25) is 5.91 Å². The zero-order valence-corrected chi connectivity index (χ0v) is 12.9. The van der Waals surface area contributed by atoms with Gasteiger partial charge in [0, 0.05) is 30.9 Å². The zero-order valence-electron chi connectivity index (χ0n) is 12.9. The highest BCUT2D eigenvalue weighted by molar-refractivity contribution is 5.91. The van der Waals surface area contributed by atoms with Crippen molar-refractivity contribution in [3.63, 3.8) is 0 Å². The van der Waals surface area contributed by atoms with Gasteiger partial charge in [0.25, 0.3) is 0 Å². The molecule has 3 rings (SSSR count). The minimum Gasteiger partial charge on any atom is -0.465 e. The highest BCUT2D eigenvalue weighted by Crippen LogP contribution is 2.25. The van der Waals surface area contributed by atoms with E-state index in [0.717, 1.165) is 12.1 Å². The summed E-state index contributed by atoms with van der Waals surface area (Å²) in [6.07, 6.45) is 1.62. The number of anilines is 1. The SMILES string of the molecule is O=C(Cc1ccccn1)Nc1ccc(C2CCN(C(=O)O)C2)nn1. The van der Waals surface area contributed by atoms with Crippen molar-refractivity contribution in [1.82, 2.24) is 20.1 Å². The molecule has 0 radical (unpaired) electrons. The number of pyridine rings is 1. The molecular weight excluding hydrogens is 310 g/mol. The van der Waals surface area contributed by atoms with Crippen LogP contribution < -0.4 is 5.32 Å². The largest absolute Gasteiger partial charge is 0.465 e. The average molecular weight is 327 g/mol. The van der Waals surface area contributed by atoms with Crippen LogP contribution in [0.4, 0.5) is 10.6 Å². The van der Waals surface area contributed by atoms with Gasteiger partial charge >= 0.3 is 6.09 Å². The molecule has 8 heteroatoms. The van der Waals surface area contributed by atoms with E-state index in [-0.39, 0.29) is 18.2 Å². The predicted octanol–water partition coefficient (Wildman–Crippen LogP) is 1.52. The molecule has 2 aromatic heterocycles. The molecule has 1 aliphatic heterocycles. The molecule has 1 atom stereocenters. The van der Waals surface area contributed by atoms with Crippen molar-refractivity contribution in [1.29, 1.82) is 0 Å². The molecule has 1 saturated heterocycles. The van der Waals surface area contributed by atoms with Gasteiger partial charge in [0.05, 0.1) is 12.1 Å². The molecule has 0 saturated carbocycles. The Bertz CT molecular complexity index is 720. The van der Waals surface area contributed by atoms with Crippen LogP contribution in [0.15, 0.2) is 36.5 Å². The van der Waals surface area contributed by atoms with E-state index >= 15 is 0 Å². The summed E-state index contributed by atoms with van der Waals surface area (Å²) < 4.78 is 0. The summed E-state index contributed by atoms with van der Waals surface area (Å²) in [5.74, 6) is 0.202. The molecule has 1 unspecified atom stereocenters. The highest BCUT2D eigenvalue weighted by Gasteiger charge is 2.28. The summed E-state index contributed by atoms with van der Waals surface area (Å²) in [5, 5.41) is 19.8. The second-order valence-corrected chi connectivity index (χ2v) is 5.60. The summed E-state index contributed by atoms with van der Waals surface area (Å²) >= 11 is 0. The van der Waals surface area contributed by atoms with Crippen molar-refractivity contribution in [2.75, 3.05) is 18.4 Å². The van der Waals surface area contributed by atoms with Gasteiger partial charge < -0.3 is 15.3 Å². The number of likely N-dealkylation sites (tertiary alicyclic amines) is 1. The number of aromatic nitrogens is 3. The first-order chi connectivity index (χ1) is 11.6. The first-order valence-corrected chi connectivity index (χ1v) is 7.63. The summed E-state index contributed by atoms with van der Waals surface area (Å²) in [4.78, 5) is 28.4. The van der Waals surface area contributed by atoms with E-state index in [1.165, 1.54) is 4.90 Å². The van der Waals surface area contributed by atoms with Crippen LogP contribution in [0.5, 0.6) is 0 Å². The lowest BCUT2D eigenvalue weighted by atomic mass is 10.1. The first kappa shape index (κ1) is 15.9. The van der Waals surface area contributed by atoms with Gasteiger partial charge in [-0.05, 0) is 30.7 Å². The van der Waals surface area contributed by atoms with Crippen molar-refractivity contribution in [2.24, 2.45) is 0 Å². The quantitative estimate of drug-likeness (QED) is 0.881. The van der Waals surface area contributed by atoms with Gasteiger partial charge in [-0.15, -0.1) is 5.10 Å². The minimum absolute atomic E-state index is 0.0480. The number of carboxylic acid groups (broad SMARTS) is 1. The average Bonchev–Trinajstić information content (AvgIpc) is 3.07. The molecule has 1 fully saturated rings. The topological polar surface area (TPSA) is 108 Å². The summed E-state index contributed by atoms with van der Waals surface area (Å²) in [5.41, 5.74) is 1.42. The maximum atomic E-state index is 12.0. The molecule has 24 heavy (non-hydrogen) atoms. The molecule has 2 aromatic rings.